The SMILES string of the molecule is Cc1cc(S(=O)(=O)NC(C)C)ccc1OCC(=O)Nc1ccc(CC(=O)N2CCCC2)cc1. The number of hydrogen-bond donors (Lipinski definition) is 2. The molecule has 3 rings (SSSR count). The van der Waals surface area contributed by atoms with E-state index in [0.717, 1.165) is 31.5 Å². The quantitative estimate of drug-likeness (QED) is 0.583. The van der Waals surface area contributed by atoms with Crippen LogP contribution in [0, 0.1) is 6.92 Å². The lowest BCUT2D eigenvalue weighted by atomic mass is 10.1. The molecule has 0 atom stereocenters. The predicted molar refractivity (Wildman–Crippen MR) is 127 cm³/mol. The molecular formula is C24H31N3O5S. The van der Waals surface area contributed by atoms with Gasteiger partial charge in [-0.1, -0.05) is 12.1 Å². The maximum absolute atomic E-state index is 12.3. The van der Waals surface area contributed by atoms with E-state index in [1.54, 1.807) is 39.0 Å². The summed E-state index contributed by atoms with van der Waals surface area (Å²) < 4.78 is 32.7. The Bertz CT molecular complexity index is 1090. The van der Waals surface area contributed by atoms with E-state index in [9.17, 15) is 18.0 Å². The minimum absolute atomic E-state index is 0.131. The lowest BCUT2D eigenvalue weighted by molar-refractivity contribution is -0.129. The van der Waals surface area contributed by atoms with Gasteiger partial charge in [-0.2, -0.15) is 0 Å². The Morgan fingerprint density at radius 1 is 1.06 bits per heavy atom. The lowest BCUT2D eigenvalue weighted by Crippen LogP contribution is -2.30. The van der Waals surface area contributed by atoms with Crippen molar-refractivity contribution in [2.75, 3.05) is 25.0 Å². The molecule has 0 unspecified atom stereocenters. The number of hydrogen-bond acceptors (Lipinski definition) is 5. The molecule has 0 bridgehead atoms. The standard InChI is InChI=1S/C24H31N3O5S/c1-17(2)26-33(30,31)21-10-11-22(18(3)14-21)32-16-23(28)25-20-8-6-19(7-9-20)15-24(29)27-12-4-5-13-27/h6-11,14,17,26H,4-5,12-13,15-16H2,1-3H3,(H,25,28). The van der Waals surface area contributed by atoms with Crippen LogP contribution in [-0.4, -0.2) is 50.9 Å². The van der Waals surface area contributed by atoms with Crippen LogP contribution < -0.4 is 14.8 Å². The van der Waals surface area contributed by atoms with Crippen LogP contribution in [0.25, 0.3) is 0 Å². The summed E-state index contributed by atoms with van der Waals surface area (Å²) in [5, 5.41) is 2.76. The third kappa shape index (κ3) is 7.03. The lowest BCUT2D eigenvalue weighted by Gasteiger charge is -2.15. The van der Waals surface area contributed by atoms with Gasteiger partial charge in [0, 0.05) is 24.8 Å². The number of carbonyl (C=O) groups excluding carboxylic acids is 2. The molecule has 178 valence electrons. The molecule has 1 aliphatic heterocycles. The Labute approximate surface area is 195 Å². The van der Waals surface area contributed by atoms with Gasteiger partial charge in [0.05, 0.1) is 11.3 Å². The zero-order valence-corrected chi connectivity index (χ0v) is 20.1. The minimum Gasteiger partial charge on any atom is -0.483 e. The third-order valence-electron chi connectivity index (χ3n) is 5.26. The Morgan fingerprint density at radius 3 is 2.33 bits per heavy atom. The highest BCUT2D eigenvalue weighted by molar-refractivity contribution is 7.89. The van der Waals surface area contributed by atoms with E-state index < -0.39 is 10.0 Å². The van der Waals surface area contributed by atoms with Gasteiger partial charge in [-0.15, -0.1) is 0 Å². The van der Waals surface area contributed by atoms with E-state index in [0.29, 0.717) is 23.4 Å². The van der Waals surface area contributed by atoms with Crippen molar-refractivity contribution < 1.29 is 22.7 Å². The van der Waals surface area contributed by atoms with Gasteiger partial charge in [-0.05, 0) is 75.1 Å². The van der Waals surface area contributed by atoms with E-state index in [-0.39, 0.29) is 29.4 Å². The van der Waals surface area contributed by atoms with E-state index >= 15 is 0 Å². The first-order valence-electron chi connectivity index (χ1n) is 11.1. The van der Waals surface area contributed by atoms with Crippen molar-refractivity contribution in [1.82, 2.24) is 9.62 Å². The van der Waals surface area contributed by atoms with Gasteiger partial charge in [0.1, 0.15) is 5.75 Å². The first-order valence-corrected chi connectivity index (χ1v) is 12.5. The van der Waals surface area contributed by atoms with Crippen molar-refractivity contribution in [3.05, 3.63) is 53.6 Å². The number of ether oxygens (including phenoxy) is 1. The second-order valence-corrected chi connectivity index (χ2v) is 10.2. The molecule has 1 fully saturated rings. The largest absolute Gasteiger partial charge is 0.483 e. The number of rotatable bonds is 9. The smallest absolute Gasteiger partial charge is 0.262 e. The molecule has 8 nitrogen and oxygen atoms in total. The monoisotopic (exact) mass is 473 g/mol. The molecule has 2 N–H and O–H groups in total. The van der Waals surface area contributed by atoms with Crippen LogP contribution in [0.2, 0.25) is 0 Å². The molecule has 0 spiro atoms. The molecule has 0 aromatic heterocycles. The van der Waals surface area contributed by atoms with Crippen molar-refractivity contribution >= 4 is 27.5 Å². The average molecular weight is 474 g/mol. The van der Waals surface area contributed by atoms with Crippen LogP contribution in [-0.2, 0) is 26.0 Å². The van der Waals surface area contributed by atoms with Crippen molar-refractivity contribution in [2.45, 2.75) is 51.0 Å². The molecule has 2 amide bonds. The van der Waals surface area contributed by atoms with E-state index in [4.69, 9.17) is 4.74 Å². The van der Waals surface area contributed by atoms with Gasteiger partial charge in [0.2, 0.25) is 15.9 Å². The number of aryl methyl sites for hydroxylation is 1. The van der Waals surface area contributed by atoms with Gasteiger partial charge >= 0.3 is 0 Å². The number of benzene rings is 2. The molecule has 2 aromatic carbocycles. The number of sulfonamides is 1. The van der Waals surface area contributed by atoms with Gasteiger partial charge < -0.3 is 15.0 Å². The summed E-state index contributed by atoms with van der Waals surface area (Å²) in [7, 11) is -3.60. The number of nitrogens with zero attached hydrogens (tertiary/aromatic N) is 1. The molecule has 2 aromatic rings. The van der Waals surface area contributed by atoms with Crippen LogP contribution in [0.4, 0.5) is 5.69 Å². The normalized spacial score (nSPS) is 13.9. The second-order valence-electron chi connectivity index (χ2n) is 8.50. The summed E-state index contributed by atoms with van der Waals surface area (Å²) >= 11 is 0. The number of amides is 2. The zero-order valence-electron chi connectivity index (χ0n) is 19.3. The van der Waals surface area contributed by atoms with E-state index in [1.807, 2.05) is 17.0 Å². The van der Waals surface area contributed by atoms with Crippen LogP contribution in [0.15, 0.2) is 47.4 Å². The molecule has 0 saturated carbocycles. The highest BCUT2D eigenvalue weighted by atomic mass is 32.2. The van der Waals surface area contributed by atoms with Gasteiger partial charge in [-0.3, -0.25) is 9.59 Å². The van der Waals surface area contributed by atoms with Crippen LogP contribution in [0.1, 0.15) is 37.8 Å². The molecule has 33 heavy (non-hydrogen) atoms. The van der Waals surface area contributed by atoms with Gasteiger partial charge in [-0.25, -0.2) is 13.1 Å². The van der Waals surface area contributed by atoms with Crippen molar-refractivity contribution in [1.29, 1.82) is 0 Å². The maximum Gasteiger partial charge on any atom is 0.262 e. The van der Waals surface area contributed by atoms with Crippen molar-refractivity contribution in [3.63, 3.8) is 0 Å². The number of carbonyl (C=O) groups is 2. The maximum atomic E-state index is 12.3. The average Bonchev–Trinajstić information content (AvgIpc) is 3.28. The van der Waals surface area contributed by atoms with E-state index in [2.05, 4.69) is 10.0 Å². The van der Waals surface area contributed by atoms with Crippen LogP contribution in [0.3, 0.4) is 0 Å². The minimum atomic E-state index is -3.60. The molecule has 0 aliphatic carbocycles. The summed E-state index contributed by atoms with van der Waals surface area (Å²) in [6.45, 7) is 6.68. The summed E-state index contributed by atoms with van der Waals surface area (Å²) in [5.41, 5.74) is 2.12. The first kappa shape index (κ1) is 24.7. The van der Waals surface area contributed by atoms with Gasteiger partial charge in [0.25, 0.3) is 5.91 Å². The molecule has 1 heterocycles. The fourth-order valence-electron chi connectivity index (χ4n) is 3.63. The Hall–Kier alpha value is -2.91. The third-order valence-corrected chi connectivity index (χ3v) is 6.91. The number of likely N-dealkylation sites (tertiary alicyclic amines) is 1. The van der Waals surface area contributed by atoms with Crippen LogP contribution >= 0.6 is 0 Å². The highest BCUT2D eigenvalue weighted by Gasteiger charge is 2.18. The molecule has 9 heteroatoms. The summed E-state index contributed by atoms with van der Waals surface area (Å²) in [4.78, 5) is 26.6. The Kier molecular flexibility index (Phi) is 8.10. The van der Waals surface area contributed by atoms with Gasteiger partial charge in [0.15, 0.2) is 6.61 Å². The Balaban J connectivity index is 1.51. The number of anilines is 1. The topological polar surface area (TPSA) is 105 Å². The predicted octanol–water partition coefficient (Wildman–Crippen LogP) is 2.86. The molecule has 0 radical (unpaired) electrons. The fourth-order valence-corrected chi connectivity index (χ4v) is 4.96. The molecule has 1 aliphatic rings. The molecular weight excluding hydrogens is 442 g/mol. The summed E-state index contributed by atoms with van der Waals surface area (Å²) in [6, 6.07) is 11.5. The Morgan fingerprint density at radius 2 is 1.73 bits per heavy atom. The highest BCUT2D eigenvalue weighted by Crippen LogP contribution is 2.22. The number of nitrogens with one attached hydrogen (secondary N) is 2. The second kappa shape index (κ2) is 10.8. The van der Waals surface area contributed by atoms with Crippen molar-refractivity contribution in [3.8, 4) is 5.75 Å². The molecule has 1 saturated heterocycles. The summed E-state index contributed by atoms with van der Waals surface area (Å²) in [5.74, 6) is 0.227. The fraction of sp³-hybridized carbons (Fsp3) is 0.417. The van der Waals surface area contributed by atoms with E-state index in [1.165, 1.54) is 12.1 Å². The zero-order chi connectivity index (χ0) is 24.0. The first-order chi connectivity index (χ1) is 15.6. The summed E-state index contributed by atoms with van der Waals surface area (Å²) in [6.07, 6.45) is 2.49. The van der Waals surface area contributed by atoms with Crippen molar-refractivity contribution in [2.24, 2.45) is 0 Å². The van der Waals surface area contributed by atoms with Crippen LogP contribution in [0.5, 0.6) is 5.75 Å².